The molecular formula is C14H19N3O3. The smallest absolute Gasteiger partial charge is 0.354 e. The quantitative estimate of drug-likeness (QED) is 0.861. The second kappa shape index (κ2) is 6.00. The molecule has 1 aromatic rings. The van der Waals surface area contributed by atoms with Gasteiger partial charge in [0.15, 0.2) is 0 Å². The number of carbonyl (C=O) groups excluding carboxylic acids is 1. The molecule has 2 atom stereocenters. The zero-order valence-electron chi connectivity index (χ0n) is 11.7. The summed E-state index contributed by atoms with van der Waals surface area (Å²) < 4.78 is 0. The van der Waals surface area contributed by atoms with Gasteiger partial charge in [-0.15, -0.1) is 0 Å². The number of nitrogens with one attached hydrogen (secondary N) is 1. The molecule has 0 aromatic carbocycles. The summed E-state index contributed by atoms with van der Waals surface area (Å²) in [5, 5.41) is 11.8. The summed E-state index contributed by atoms with van der Waals surface area (Å²) >= 11 is 0. The molecule has 1 fully saturated rings. The summed E-state index contributed by atoms with van der Waals surface area (Å²) in [6, 6.07) is 3.40. The second-order valence-corrected chi connectivity index (χ2v) is 5.26. The summed E-state index contributed by atoms with van der Waals surface area (Å²) in [6.45, 7) is 3.08. The van der Waals surface area contributed by atoms with Crippen LogP contribution in [-0.4, -0.2) is 52.5 Å². The highest BCUT2D eigenvalue weighted by molar-refractivity contribution is 5.96. The van der Waals surface area contributed by atoms with Crippen molar-refractivity contribution in [1.29, 1.82) is 0 Å². The molecule has 2 rings (SSSR count). The molecule has 0 saturated carbocycles. The first-order valence-electron chi connectivity index (χ1n) is 6.68. The molecular weight excluding hydrogens is 258 g/mol. The monoisotopic (exact) mass is 277 g/mol. The van der Waals surface area contributed by atoms with Crippen LogP contribution in [0.3, 0.4) is 0 Å². The first kappa shape index (κ1) is 14.5. The van der Waals surface area contributed by atoms with E-state index in [4.69, 9.17) is 5.11 Å². The Bertz CT molecular complexity index is 518. The Hall–Kier alpha value is -1.95. The van der Waals surface area contributed by atoms with Crippen LogP contribution in [0, 0.1) is 0 Å². The number of carboxylic acid groups (broad SMARTS) is 1. The van der Waals surface area contributed by atoms with Crippen LogP contribution in [0.4, 0.5) is 0 Å². The van der Waals surface area contributed by atoms with Crippen molar-refractivity contribution in [2.75, 3.05) is 13.6 Å². The van der Waals surface area contributed by atoms with E-state index in [1.807, 2.05) is 0 Å². The van der Waals surface area contributed by atoms with E-state index in [-0.39, 0.29) is 17.6 Å². The molecule has 0 bridgehead atoms. The maximum absolute atomic E-state index is 12.1. The Morgan fingerprint density at radius 3 is 2.90 bits per heavy atom. The van der Waals surface area contributed by atoms with Gasteiger partial charge in [0.25, 0.3) is 5.91 Å². The minimum atomic E-state index is -1.13. The van der Waals surface area contributed by atoms with E-state index in [2.05, 4.69) is 29.2 Å². The van der Waals surface area contributed by atoms with E-state index in [1.165, 1.54) is 18.3 Å². The SMILES string of the molecule is CC1CC(NC(=O)c2ccnc(C(=O)O)c2)CCN1C. The Labute approximate surface area is 117 Å². The van der Waals surface area contributed by atoms with Crippen molar-refractivity contribution in [2.24, 2.45) is 0 Å². The van der Waals surface area contributed by atoms with Crippen LogP contribution >= 0.6 is 0 Å². The summed E-state index contributed by atoms with van der Waals surface area (Å²) in [6.07, 6.45) is 3.15. The molecule has 2 heterocycles. The molecule has 0 radical (unpaired) electrons. The van der Waals surface area contributed by atoms with Crippen molar-refractivity contribution in [3.8, 4) is 0 Å². The van der Waals surface area contributed by atoms with Gasteiger partial charge in [0.2, 0.25) is 0 Å². The number of carbonyl (C=O) groups is 2. The number of piperidine rings is 1. The maximum Gasteiger partial charge on any atom is 0.354 e. The number of pyridine rings is 1. The van der Waals surface area contributed by atoms with Gasteiger partial charge >= 0.3 is 5.97 Å². The minimum absolute atomic E-state index is 0.116. The average molecular weight is 277 g/mol. The summed E-state index contributed by atoms with van der Waals surface area (Å²) in [7, 11) is 2.07. The van der Waals surface area contributed by atoms with Gasteiger partial charge in [-0.25, -0.2) is 9.78 Å². The van der Waals surface area contributed by atoms with Gasteiger partial charge in [-0.3, -0.25) is 4.79 Å². The molecule has 1 saturated heterocycles. The highest BCUT2D eigenvalue weighted by Gasteiger charge is 2.24. The van der Waals surface area contributed by atoms with Gasteiger partial charge in [0, 0.05) is 30.4 Å². The first-order chi connectivity index (χ1) is 9.47. The molecule has 6 heteroatoms. The molecule has 108 valence electrons. The Morgan fingerprint density at radius 1 is 1.50 bits per heavy atom. The predicted octanol–water partition coefficient (Wildman–Crippen LogP) is 0.992. The maximum atomic E-state index is 12.1. The molecule has 0 spiro atoms. The zero-order valence-corrected chi connectivity index (χ0v) is 11.7. The lowest BCUT2D eigenvalue weighted by Gasteiger charge is -2.35. The Morgan fingerprint density at radius 2 is 2.25 bits per heavy atom. The van der Waals surface area contributed by atoms with E-state index in [1.54, 1.807) is 0 Å². The number of nitrogens with zero attached hydrogens (tertiary/aromatic N) is 2. The normalized spacial score (nSPS) is 23.3. The van der Waals surface area contributed by atoms with Crippen molar-refractivity contribution < 1.29 is 14.7 Å². The number of aromatic carboxylic acids is 1. The van der Waals surface area contributed by atoms with E-state index in [0.717, 1.165) is 19.4 Å². The first-order valence-corrected chi connectivity index (χ1v) is 6.68. The number of carboxylic acids is 1. The Kier molecular flexibility index (Phi) is 4.34. The number of amides is 1. The fourth-order valence-corrected chi connectivity index (χ4v) is 2.38. The molecule has 2 unspecified atom stereocenters. The summed E-state index contributed by atoms with van der Waals surface area (Å²) in [5.74, 6) is -1.37. The number of hydrogen-bond acceptors (Lipinski definition) is 4. The van der Waals surface area contributed by atoms with Crippen molar-refractivity contribution in [3.05, 3.63) is 29.6 Å². The number of hydrogen-bond donors (Lipinski definition) is 2. The van der Waals surface area contributed by atoms with Crippen LogP contribution < -0.4 is 5.32 Å². The van der Waals surface area contributed by atoms with Crippen molar-refractivity contribution in [1.82, 2.24) is 15.2 Å². The topological polar surface area (TPSA) is 82.5 Å². The third kappa shape index (κ3) is 3.33. The molecule has 20 heavy (non-hydrogen) atoms. The molecule has 0 aliphatic carbocycles. The van der Waals surface area contributed by atoms with Crippen molar-refractivity contribution >= 4 is 11.9 Å². The van der Waals surface area contributed by atoms with Crippen LogP contribution in [0.1, 0.15) is 40.6 Å². The lowest BCUT2D eigenvalue weighted by molar-refractivity contribution is 0.0690. The fourth-order valence-electron chi connectivity index (χ4n) is 2.38. The third-order valence-corrected chi connectivity index (χ3v) is 3.78. The van der Waals surface area contributed by atoms with Crippen LogP contribution in [-0.2, 0) is 0 Å². The van der Waals surface area contributed by atoms with E-state index >= 15 is 0 Å². The van der Waals surface area contributed by atoms with E-state index in [9.17, 15) is 9.59 Å². The van der Waals surface area contributed by atoms with Crippen LogP contribution in [0.2, 0.25) is 0 Å². The largest absolute Gasteiger partial charge is 0.477 e. The molecule has 1 amide bonds. The van der Waals surface area contributed by atoms with E-state index in [0.29, 0.717) is 11.6 Å². The van der Waals surface area contributed by atoms with Gasteiger partial charge in [-0.2, -0.15) is 0 Å². The van der Waals surface area contributed by atoms with Gasteiger partial charge in [-0.05, 0) is 38.9 Å². The van der Waals surface area contributed by atoms with Gasteiger partial charge in [-0.1, -0.05) is 0 Å². The minimum Gasteiger partial charge on any atom is -0.477 e. The number of likely N-dealkylation sites (tertiary alicyclic amines) is 1. The zero-order chi connectivity index (χ0) is 14.7. The van der Waals surface area contributed by atoms with Crippen LogP contribution in [0.25, 0.3) is 0 Å². The summed E-state index contributed by atoms with van der Waals surface area (Å²) in [5.41, 5.74) is 0.221. The molecule has 6 nitrogen and oxygen atoms in total. The highest BCUT2D eigenvalue weighted by Crippen LogP contribution is 2.16. The average Bonchev–Trinajstić information content (AvgIpc) is 2.43. The van der Waals surface area contributed by atoms with E-state index < -0.39 is 5.97 Å². The Balaban J connectivity index is 2.01. The number of rotatable bonds is 3. The van der Waals surface area contributed by atoms with Gasteiger partial charge in [0.05, 0.1) is 0 Å². The van der Waals surface area contributed by atoms with Crippen molar-refractivity contribution in [2.45, 2.75) is 31.8 Å². The highest BCUT2D eigenvalue weighted by atomic mass is 16.4. The molecule has 1 aromatic heterocycles. The standard InChI is InChI=1S/C14H19N3O3/c1-9-7-11(4-6-17(9)2)16-13(18)10-3-5-15-12(8-10)14(19)20/h3,5,8-9,11H,4,6-7H2,1-2H3,(H,16,18)(H,19,20). The van der Waals surface area contributed by atoms with Crippen LogP contribution in [0.15, 0.2) is 18.3 Å². The van der Waals surface area contributed by atoms with Crippen LogP contribution in [0.5, 0.6) is 0 Å². The fraction of sp³-hybridized carbons (Fsp3) is 0.500. The lowest BCUT2D eigenvalue weighted by Crippen LogP contribution is -2.47. The third-order valence-electron chi connectivity index (χ3n) is 3.78. The molecule has 1 aliphatic heterocycles. The van der Waals surface area contributed by atoms with Gasteiger partial charge in [0.1, 0.15) is 5.69 Å². The lowest BCUT2D eigenvalue weighted by atomic mass is 9.98. The molecule has 2 N–H and O–H groups in total. The number of aromatic nitrogens is 1. The van der Waals surface area contributed by atoms with Gasteiger partial charge < -0.3 is 15.3 Å². The van der Waals surface area contributed by atoms with Crippen molar-refractivity contribution in [3.63, 3.8) is 0 Å². The predicted molar refractivity (Wildman–Crippen MR) is 73.8 cm³/mol. The molecule has 1 aliphatic rings. The second-order valence-electron chi connectivity index (χ2n) is 5.26. The summed E-state index contributed by atoms with van der Waals surface area (Å²) in [4.78, 5) is 28.9.